The number of ether oxygens (including phenoxy) is 1. The van der Waals surface area contributed by atoms with Crippen LogP contribution in [-0.2, 0) is 9.53 Å². The number of methoxy groups -OCH3 is 1. The Morgan fingerprint density at radius 3 is 1.95 bits per heavy atom. The molecule has 0 aromatic rings. The maximum atomic E-state index is 11.6. The highest BCUT2D eigenvalue weighted by molar-refractivity contribution is 5.73. The summed E-state index contributed by atoms with van der Waals surface area (Å²) in [5.74, 6) is -0.701. The number of carbonyl (C=O) groups excluding carboxylic acids is 1. The zero-order valence-corrected chi connectivity index (χ0v) is 13.2. The van der Waals surface area contributed by atoms with Crippen molar-refractivity contribution >= 4 is 5.97 Å². The highest BCUT2D eigenvalue weighted by Gasteiger charge is 2.33. The molecule has 19 heavy (non-hydrogen) atoms. The average Bonchev–Trinajstić information content (AvgIpc) is 2.34. The molecular weight excluding hydrogens is 240 g/mol. The standard InChI is InChI=1S/C16H32O3/c1-5-6-7-8-9-10-11-12-13-14(15(17)19-4)16(2,3)18/h14,18H,5-13H2,1-4H3. The molecule has 3 nitrogen and oxygen atoms in total. The van der Waals surface area contributed by atoms with Crippen molar-refractivity contribution in [2.45, 2.75) is 84.2 Å². The highest BCUT2D eigenvalue weighted by Crippen LogP contribution is 2.24. The normalized spacial score (nSPS) is 13.3. The van der Waals surface area contributed by atoms with Crippen LogP contribution in [0.25, 0.3) is 0 Å². The van der Waals surface area contributed by atoms with E-state index in [2.05, 4.69) is 6.92 Å². The van der Waals surface area contributed by atoms with Crippen LogP contribution in [0.5, 0.6) is 0 Å². The lowest BCUT2D eigenvalue weighted by Gasteiger charge is -2.26. The fourth-order valence-corrected chi connectivity index (χ4v) is 2.38. The van der Waals surface area contributed by atoms with Crippen LogP contribution in [0.15, 0.2) is 0 Å². The molecule has 0 aliphatic carbocycles. The lowest BCUT2D eigenvalue weighted by molar-refractivity contribution is -0.154. The maximum absolute atomic E-state index is 11.6. The molecule has 0 saturated heterocycles. The Bertz CT molecular complexity index is 231. The minimum absolute atomic E-state index is 0.296. The van der Waals surface area contributed by atoms with Gasteiger partial charge in [0.1, 0.15) is 0 Å². The molecule has 0 aliphatic heterocycles. The first-order chi connectivity index (χ1) is 8.93. The van der Waals surface area contributed by atoms with Crippen LogP contribution < -0.4 is 0 Å². The average molecular weight is 272 g/mol. The summed E-state index contributed by atoms with van der Waals surface area (Å²) in [5.41, 5.74) is -0.992. The van der Waals surface area contributed by atoms with Crippen LogP contribution in [0.1, 0.15) is 78.6 Å². The van der Waals surface area contributed by atoms with Gasteiger partial charge in [-0.05, 0) is 20.3 Å². The first-order valence-electron chi connectivity index (χ1n) is 7.73. The van der Waals surface area contributed by atoms with E-state index in [0.717, 1.165) is 12.8 Å². The zero-order chi connectivity index (χ0) is 14.7. The lowest BCUT2D eigenvalue weighted by atomic mass is 9.86. The largest absolute Gasteiger partial charge is 0.469 e. The maximum Gasteiger partial charge on any atom is 0.311 e. The summed E-state index contributed by atoms with van der Waals surface area (Å²) >= 11 is 0. The minimum atomic E-state index is -0.992. The zero-order valence-electron chi connectivity index (χ0n) is 13.2. The van der Waals surface area contributed by atoms with Crippen molar-refractivity contribution in [1.29, 1.82) is 0 Å². The van der Waals surface area contributed by atoms with Gasteiger partial charge in [-0.1, -0.05) is 58.3 Å². The fraction of sp³-hybridized carbons (Fsp3) is 0.938. The van der Waals surface area contributed by atoms with E-state index in [9.17, 15) is 9.90 Å². The van der Waals surface area contributed by atoms with Gasteiger partial charge in [0.2, 0.25) is 0 Å². The van der Waals surface area contributed by atoms with Gasteiger partial charge in [0.05, 0.1) is 18.6 Å². The molecule has 0 aromatic heterocycles. The second-order valence-electron chi connectivity index (χ2n) is 5.99. The summed E-state index contributed by atoms with van der Waals surface area (Å²) < 4.78 is 4.76. The molecule has 0 aliphatic rings. The molecule has 3 heteroatoms. The molecule has 0 radical (unpaired) electrons. The minimum Gasteiger partial charge on any atom is -0.469 e. The molecule has 0 spiro atoms. The number of esters is 1. The number of hydrogen-bond acceptors (Lipinski definition) is 3. The Labute approximate surface area is 118 Å². The Morgan fingerprint density at radius 2 is 1.53 bits per heavy atom. The van der Waals surface area contributed by atoms with Crippen molar-refractivity contribution < 1.29 is 14.6 Å². The second-order valence-corrected chi connectivity index (χ2v) is 5.99. The van der Waals surface area contributed by atoms with E-state index >= 15 is 0 Å². The van der Waals surface area contributed by atoms with E-state index < -0.39 is 11.5 Å². The third-order valence-electron chi connectivity index (χ3n) is 3.68. The summed E-state index contributed by atoms with van der Waals surface area (Å²) in [6, 6.07) is 0. The number of carbonyl (C=O) groups is 1. The summed E-state index contributed by atoms with van der Waals surface area (Å²) in [7, 11) is 1.38. The number of hydrogen-bond donors (Lipinski definition) is 1. The van der Waals surface area contributed by atoms with Crippen LogP contribution in [0, 0.1) is 5.92 Å². The first-order valence-corrected chi connectivity index (χ1v) is 7.73. The van der Waals surface area contributed by atoms with Gasteiger partial charge in [-0.15, -0.1) is 0 Å². The van der Waals surface area contributed by atoms with Crippen LogP contribution in [-0.4, -0.2) is 23.8 Å². The fourth-order valence-electron chi connectivity index (χ4n) is 2.38. The molecule has 0 heterocycles. The first kappa shape index (κ1) is 18.4. The molecule has 0 fully saturated rings. The van der Waals surface area contributed by atoms with Gasteiger partial charge in [-0.2, -0.15) is 0 Å². The Balaban J connectivity index is 3.74. The molecule has 1 atom stereocenters. The molecule has 0 amide bonds. The van der Waals surface area contributed by atoms with Gasteiger partial charge in [-0.3, -0.25) is 4.79 Å². The molecule has 0 rings (SSSR count). The van der Waals surface area contributed by atoms with Gasteiger partial charge in [-0.25, -0.2) is 0 Å². The van der Waals surface area contributed by atoms with Crippen molar-refractivity contribution in [3.05, 3.63) is 0 Å². The monoisotopic (exact) mass is 272 g/mol. The number of rotatable bonds is 11. The van der Waals surface area contributed by atoms with Crippen LogP contribution in [0.4, 0.5) is 0 Å². The quantitative estimate of drug-likeness (QED) is 0.455. The summed E-state index contributed by atoms with van der Waals surface area (Å²) in [4.78, 5) is 11.6. The Kier molecular flexibility index (Phi) is 9.94. The number of aliphatic hydroxyl groups is 1. The molecule has 0 aromatic carbocycles. The van der Waals surface area contributed by atoms with Crippen molar-refractivity contribution in [2.24, 2.45) is 5.92 Å². The van der Waals surface area contributed by atoms with Gasteiger partial charge in [0.15, 0.2) is 0 Å². The Morgan fingerprint density at radius 1 is 1.05 bits per heavy atom. The van der Waals surface area contributed by atoms with Crippen molar-refractivity contribution in [2.75, 3.05) is 7.11 Å². The van der Waals surface area contributed by atoms with E-state index in [4.69, 9.17) is 4.74 Å². The third-order valence-corrected chi connectivity index (χ3v) is 3.68. The second kappa shape index (κ2) is 10.2. The van der Waals surface area contributed by atoms with Crippen molar-refractivity contribution in [3.63, 3.8) is 0 Å². The smallest absolute Gasteiger partial charge is 0.311 e. The lowest BCUT2D eigenvalue weighted by Crippen LogP contribution is -2.37. The molecule has 114 valence electrons. The highest BCUT2D eigenvalue weighted by atomic mass is 16.5. The van der Waals surface area contributed by atoms with E-state index in [1.54, 1.807) is 13.8 Å². The molecule has 0 bridgehead atoms. The predicted molar refractivity (Wildman–Crippen MR) is 79.0 cm³/mol. The van der Waals surface area contributed by atoms with Gasteiger partial charge < -0.3 is 9.84 Å². The van der Waals surface area contributed by atoms with Crippen LogP contribution in [0.3, 0.4) is 0 Å². The van der Waals surface area contributed by atoms with Gasteiger partial charge >= 0.3 is 5.97 Å². The number of unbranched alkanes of at least 4 members (excludes halogenated alkanes) is 7. The summed E-state index contributed by atoms with van der Waals surface area (Å²) in [6.07, 6.45) is 10.6. The van der Waals surface area contributed by atoms with Gasteiger partial charge in [0.25, 0.3) is 0 Å². The summed E-state index contributed by atoms with van der Waals surface area (Å²) in [5, 5.41) is 9.98. The van der Waals surface area contributed by atoms with Gasteiger partial charge in [0, 0.05) is 0 Å². The predicted octanol–water partition coefficient (Wildman–Crippen LogP) is 4.08. The topological polar surface area (TPSA) is 46.5 Å². The van der Waals surface area contributed by atoms with Crippen molar-refractivity contribution in [1.82, 2.24) is 0 Å². The summed E-state index contributed by atoms with van der Waals surface area (Å²) in [6.45, 7) is 5.59. The SMILES string of the molecule is CCCCCCCCCCC(C(=O)OC)C(C)(C)O. The molecular formula is C16H32O3. The molecule has 1 unspecified atom stereocenters. The van der Waals surface area contributed by atoms with Crippen LogP contribution >= 0.6 is 0 Å². The van der Waals surface area contributed by atoms with E-state index in [0.29, 0.717) is 6.42 Å². The van der Waals surface area contributed by atoms with Crippen molar-refractivity contribution in [3.8, 4) is 0 Å². The van der Waals surface area contributed by atoms with E-state index in [-0.39, 0.29) is 5.97 Å². The molecule has 0 saturated carbocycles. The van der Waals surface area contributed by atoms with E-state index in [1.807, 2.05) is 0 Å². The van der Waals surface area contributed by atoms with Crippen LogP contribution in [0.2, 0.25) is 0 Å². The molecule has 1 N–H and O–H groups in total. The van der Waals surface area contributed by atoms with E-state index in [1.165, 1.54) is 45.6 Å². The Hall–Kier alpha value is -0.570. The third kappa shape index (κ3) is 9.04.